The van der Waals surface area contributed by atoms with E-state index in [1.165, 1.54) is 11.5 Å². The van der Waals surface area contributed by atoms with Gasteiger partial charge in [-0.05, 0) is 51.2 Å². The van der Waals surface area contributed by atoms with Crippen molar-refractivity contribution >= 4 is 17.4 Å². The zero-order valence-electron chi connectivity index (χ0n) is 10.2. The number of nitrogens with one attached hydrogen (secondary N) is 2. The number of amides is 1. The summed E-state index contributed by atoms with van der Waals surface area (Å²) < 4.78 is 3.78. The number of aromatic nitrogens is 2. The van der Waals surface area contributed by atoms with Gasteiger partial charge in [0.1, 0.15) is 4.88 Å². The summed E-state index contributed by atoms with van der Waals surface area (Å²) in [6.45, 7) is 1.82. The Labute approximate surface area is 105 Å². The highest BCUT2D eigenvalue weighted by Crippen LogP contribution is 2.19. The monoisotopic (exact) mass is 254 g/mol. The van der Waals surface area contributed by atoms with E-state index in [1.54, 1.807) is 0 Å². The van der Waals surface area contributed by atoms with Gasteiger partial charge in [0.05, 0.1) is 5.69 Å². The minimum atomic E-state index is -0.0228. The molecule has 0 atom stereocenters. The van der Waals surface area contributed by atoms with Gasteiger partial charge in [0.2, 0.25) is 0 Å². The summed E-state index contributed by atoms with van der Waals surface area (Å²) in [4.78, 5) is 12.6. The molecule has 2 rings (SSSR count). The molecule has 1 aliphatic carbocycles. The Morgan fingerprint density at radius 2 is 1.94 bits per heavy atom. The molecular weight excluding hydrogens is 236 g/mol. The van der Waals surface area contributed by atoms with Crippen LogP contribution in [0.2, 0.25) is 0 Å². The molecule has 0 aromatic carbocycles. The maximum absolute atomic E-state index is 11.9. The number of carbonyl (C=O) groups is 1. The molecule has 2 N–H and O–H groups in total. The molecule has 1 aromatic heterocycles. The maximum Gasteiger partial charge on any atom is 0.265 e. The SMILES string of the molecule is CNC1CCC(NC(=O)c2snnc2C)CC1. The number of carbonyl (C=O) groups excluding carboxylic acids is 1. The Balaban J connectivity index is 1.86. The Morgan fingerprint density at radius 3 is 2.47 bits per heavy atom. The third kappa shape index (κ3) is 3.01. The molecule has 1 saturated carbocycles. The molecule has 0 radical (unpaired) electrons. The first-order valence-electron chi connectivity index (χ1n) is 5.97. The number of hydrogen-bond acceptors (Lipinski definition) is 5. The molecule has 1 aliphatic rings. The minimum absolute atomic E-state index is 0.0228. The molecule has 1 amide bonds. The lowest BCUT2D eigenvalue weighted by Crippen LogP contribution is -2.41. The van der Waals surface area contributed by atoms with E-state index in [4.69, 9.17) is 0 Å². The zero-order chi connectivity index (χ0) is 12.3. The van der Waals surface area contributed by atoms with Crippen molar-refractivity contribution in [1.29, 1.82) is 0 Å². The van der Waals surface area contributed by atoms with E-state index in [1.807, 2.05) is 14.0 Å². The lowest BCUT2D eigenvalue weighted by Gasteiger charge is -2.28. The van der Waals surface area contributed by atoms with Gasteiger partial charge in [0.25, 0.3) is 5.91 Å². The number of rotatable bonds is 3. The molecule has 5 nitrogen and oxygen atoms in total. The fourth-order valence-corrected chi connectivity index (χ4v) is 2.78. The largest absolute Gasteiger partial charge is 0.349 e. The first-order valence-corrected chi connectivity index (χ1v) is 6.75. The van der Waals surface area contributed by atoms with Crippen LogP contribution in [0.25, 0.3) is 0 Å². The molecule has 0 saturated heterocycles. The van der Waals surface area contributed by atoms with E-state index in [9.17, 15) is 4.79 Å². The molecule has 1 heterocycles. The molecule has 17 heavy (non-hydrogen) atoms. The molecule has 6 heteroatoms. The molecule has 0 unspecified atom stereocenters. The smallest absolute Gasteiger partial charge is 0.265 e. The lowest BCUT2D eigenvalue weighted by atomic mass is 9.91. The van der Waals surface area contributed by atoms with Gasteiger partial charge < -0.3 is 10.6 Å². The Bertz CT molecular complexity index is 385. The Morgan fingerprint density at radius 1 is 1.29 bits per heavy atom. The summed E-state index contributed by atoms with van der Waals surface area (Å²) in [5.41, 5.74) is 0.719. The van der Waals surface area contributed by atoms with Crippen LogP contribution in [0.15, 0.2) is 0 Å². The van der Waals surface area contributed by atoms with Crippen molar-refractivity contribution in [3.8, 4) is 0 Å². The third-order valence-corrected chi connectivity index (χ3v) is 4.16. The summed E-state index contributed by atoms with van der Waals surface area (Å²) in [5, 5.41) is 10.2. The molecule has 0 aliphatic heterocycles. The van der Waals surface area contributed by atoms with Crippen LogP contribution in [0.3, 0.4) is 0 Å². The van der Waals surface area contributed by atoms with E-state index in [0.29, 0.717) is 17.0 Å². The van der Waals surface area contributed by atoms with E-state index >= 15 is 0 Å². The Kier molecular flexibility index (Phi) is 4.06. The van der Waals surface area contributed by atoms with Crippen molar-refractivity contribution in [3.63, 3.8) is 0 Å². The lowest BCUT2D eigenvalue weighted by molar-refractivity contribution is 0.0928. The van der Waals surface area contributed by atoms with Gasteiger partial charge in [0.15, 0.2) is 0 Å². The summed E-state index contributed by atoms with van der Waals surface area (Å²) >= 11 is 1.17. The first kappa shape index (κ1) is 12.4. The first-order chi connectivity index (χ1) is 8.20. The summed E-state index contributed by atoms with van der Waals surface area (Å²) in [6.07, 6.45) is 4.34. The molecular formula is C11H18N4OS. The van der Waals surface area contributed by atoms with Crippen LogP contribution in [0, 0.1) is 6.92 Å². The molecule has 94 valence electrons. The van der Waals surface area contributed by atoms with Crippen LogP contribution in [0.4, 0.5) is 0 Å². The van der Waals surface area contributed by atoms with E-state index < -0.39 is 0 Å². The highest BCUT2D eigenvalue weighted by Gasteiger charge is 2.23. The van der Waals surface area contributed by atoms with Crippen LogP contribution in [0.1, 0.15) is 41.0 Å². The third-order valence-electron chi connectivity index (χ3n) is 3.33. The van der Waals surface area contributed by atoms with Crippen molar-refractivity contribution in [1.82, 2.24) is 20.2 Å². The van der Waals surface area contributed by atoms with E-state index in [0.717, 1.165) is 31.4 Å². The second-order valence-corrected chi connectivity index (χ2v) is 5.25. The molecule has 0 spiro atoms. The zero-order valence-corrected chi connectivity index (χ0v) is 11.0. The summed E-state index contributed by atoms with van der Waals surface area (Å²) in [6, 6.07) is 0.906. The van der Waals surface area contributed by atoms with Crippen LogP contribution < -0.4 is 10.6 Å². The average molecular weight is 254 g/mol. The topological polar surface area (TPSA) is 66.9 Å². The average Bonchev–Trinajstić information content (AvgIpc) is 2.76. The van der Waals surface area contributed by atoms with Crippen molar-refractivity contribution in [2.45, 2.75) is 44.7 Å². The van der Waals surface area contributed by atoms with Gasteiger partial charge in [-0.15, -0.1) is 5.10 Å². The quantitative estimate of drug-likeness (QED) is 0.848. The predicted octanol–water partition coefficient (Wildman–Crippen LogP) is 1.11. The van der Waals surface area contributed by atoms with Crippen LogP contribution in [-0.4, -0.2) is 34.6 Å². The van der Waals surface area contributed by atoms with Crippen molar-refractivity contribution in [2.24, 2.45) is 0 Å². The van der Waals surface area contributed by atoms with Crippen molar-refractivity contribution < 1.29 is 4.79 Å². The summed E-state index contributed by atoms with van der Waals surface area (Å²) in [7, 11) is 2.00. The van der Waals surface area contributed by atoms with Gasteiger partial charge in [0, 0.05) is 12.1 Å². The standard InChI is InChI=1S/C11H18N4OS/c1-7-10(17-15-14-7)11(16)13-9-5-3-8(12-2)4-6-9/h8-9,12H,3-6H2,1-2H3,(H,13,16). The number of nitrogens with zero attached hydrogens (tertiary/aromatic N) is 2. The number of aryl methyl sites for hydroxylation is 1. The fourth-order valence-electron chi connectivity index (χ4n) is 2.22. The fraction of sp³-hybridized carbons (Fsp3) is 0.727. The molecule has 1 fully saturated rings. The second kappa shape index (κ2) is 5.55. The van der Waals surface area contributed by atoms with Gasteiger partial charge in [-0.3, -0.25) is 4.79 Å². The van der Waals surface area contributed by atoms with Gasteiger partial charge >= 0.3 is 0 Å². The highest BCUT2D eigenvalue weighted by atomic mass is 32.1. The van der Waals surface area contributed by atoms with E-state index in [2.05, 4.69) is 20.2 Å². The molecule has 1 aromatic rings. The Hall–Kier alpha value is -1.01. The van der Waals surface area contributed by atoms with Crippen molar-refractivity contribution in [3.05, 3.63) is 10.6 Å². The highest BCUT2D eigenvalue weighted by molar-refractivity contribution is 7.07. The van der Waals surface area contributed by atoms with Gasteiger partial charge in [-0.1, -0.05) is 4.49 Å². The van der Waals surface area contributed by atoms with Crippen LogP contribution in [-0.2, 0) is 0 Å². The van der Waals surface area contributed by atoms with Crippen LogP contribution in [0.5, 0.6) is 0 Å². The maximum atomic E-state index is 11.9. The molecule has 0 bridgehead atoms. The van der Waals surface area contributed by atoms with Crippen LogP contribution >= 0.6 is 11.5 Å². The van der Waals surface area contributed by atoms with Gasteiger partial charge in [-0.2, -0.15) is 0 Å². The second-order valence-electron chi connectivity index (χ2n) is 4.50. The normalized spacial score (nSPS) is 24.6. The minimum Gasteiger partial charge on any atom is -0.349 e. The van der Waals surface area contributed by atoms with Crippen molar-refractivity contribution in [2.75, 3.05) is 7.05 Å². The predicted molar refractivity (Wildman–Crippen MR) is 67.2 cm³/mol. The summed E-state index contributed by atoms with van der Waals surface area (Å²) in [5.74, 6) is -0.0228. The van der Waals surface area contributed by atoms with E-state index in [-0.39, 0.29) is 5.91 Å². The number of hydrogen-bond donors (Lipinski definition) is 2. The van der Waals surface area contributed by atoms with Gasteiger partial charge in [-0.25, -0.2) is 0 Å².